The summed E-state index contributed by atoms with van der Waals surface area (Å²) in [4.78, 5) is 35.9. The van der Waals surface area contributed by atoms with Crippen LogP contribution in [0.3, 0.4) is 0 Å². The summed E-state index contributed by atoms with van der Waals surface area (Å²) in [5, 5.41) is 15.0. The maximum atomic E-state index is 12.3. The molecule has 2 fully saturated rings. The lowest BCUT2D eigenvalue weighted by atomic mass is 9.91. The number of hydrogen-bond donors (Lipinski definition) is 3. The highest BCUT2D eigenvalue weighted by Gasteiger charge is 2.47. The number of esters is 1. The molecule has 1 saturated heterocycles. The molecule has 0 radical (unpaired) electrons. The van der Waals surface area contributed by atoms with E-state index in [0.29, 0.717) is 25.8 Å². The fourth-order valence-corrected chi connectivity index (χ4v) is 2.96. The molecule has 3 N–H and O–H groups in total. The highest BCUT2D eigenvalue weighted by Crippen LogP contribution is 2.31. The third-order valence-corrected chi connectivity index (χ3v) is 4.08. The highest BCUT2D eigenvalue weighted by atomic mass is 16.5. The second-order valence-corrected chi connectivity index (χ2v) is 5.39. The van der Waals surface area contributed by atoms with Crippen molar-refractivity contribution in [3.05, 3.63) is 0 Å². The number of aliphatic hydroxyl groups excluding tert-OH is 1. The summed E-state index contributed by atoms with van der Waals surface area (Å²) in [7, 11) is 1.27. The first-order valence-corrected chi connectivity index (χ1v) is 6.86. The van der Waals surface area contributed by atoms with E-state index in [-0.39, 0.29) is 0 Å². The molecule has 0 bridgehead atoms. The molecule has 7 nitrogen and oxygen atoms in total. The predicted octanol–water partition coefficient (Wildman–Crippen LogP) is -0.915. The van der Waals surface area contributed by atoms with E-state index >= 15 is 0 Å². The van der Waals surface area contributed by atoms with E-state index in [9.17, 15) is 19.5 Å². The molecule has 2 rings (SSSR count). The van der Waals surface area contributed by atoms with Crippen LogP contribution in [0.25, 0.3) is 0 Å². The van der Waals surface area contributed by atoms with Crippen LogP contribution in [0.4, 0.5) is 0 Å². The van der Waals surface area contributed by atoms with Gasteiger partial charge in [-0.3, -0.25) is 9.59 Å². The molecule has 2 unspecified atom stereocenters. The number of amides is 2. The number of nitrogens with one attached hydrogen (secondary N) is 2. The maximum Gasteiger partial charge on any atom is 0.331 e. The second-order valence-electron chi connectivity index (χ2n) is 5.39. The Hall–Kier alpha value is -1.63. The number of piperidine rings is 1. The van der Waals surface area contributed by atoms with E-state index < -0.39 is 35.3 Å². The molecule has 7 heteroatoms. The Balaban J connectivity index is 2.12. The third-order valence-electron chi connectivity index (χ3n) is 4.08. The quantitative estimate of drug-likeness (QED) is 0.459. The number of aliphatic hydroxyl groups is 1. The van der Waals surface area contributed by atoms with Crippen molar-refractivity contribution in [2.24, 2.45) is 5.92 Å². The first-order valence-electron chi connectivity index (χ1n) is 6.86. The molecule has 0 aromatic rings. The zero-order chi connectivity index (χ0) is 14.8. The largest absolute Gasteiger partial charge is 0.467 e. The summed E-state index contributed by atoms with van der Waals surface area (Å²) >= 11 is 0. The molecule has 112 valence electrons. The van der Waals surface area contributed by atoms with E-state index in [1.807, 2.05) is 0 Å². The standard InChI is InChI=1S/C13H20N2O5/c1-20-12(19)13(5-2-3-6-13)15-11(18)9-8(16)4-7-14-10(9)17/h8-9,16H,2-7H2,1H3,(H,14,17)(H,15,18). The predicted molar refractivity (Wildman–Crippen MR) is 68.5 cm³/mol. The molecule has 1 aliphatic heterocycles. The van der Waals surface area contributed by atoms with E-state index in [1.165, 1.54) is 7.11 Å². The number of carbonyl (C=O) groups is 3. The molecule has 1 saturated carbocycles. The first kappa shape index (κ1) is 14.8. The van der Waals surface area contributed by atoms with E-state index in [2.05, 4.69) is 10.6 Å². The van der Waals surface area contributed by atoms with Gasteiger partial charge in [0.15, 0.2) is 0 Å². The average Bonchev–Trinajstić information content (AvgIpc) is 2.87. The van der Waals surface area contributed by atoms with Crippen molar-refractivity contribution in [3.63, 3.8) is 0 Å². The van der Waals surface area contributed by atoms with Crippen LogP contribution in [0, 0.1) is 5.92 Å². The first-order chi connectivity index (χ1) is 9.50. The van der Waals surface area contributed by atoms with Crippen molar-refractivity contribution in [1.29, 1.82) is 0 Å². The van der Waals surface area contributed by atoms with Gasteiger partial charge >= 0.3 is 5.97 Å². The van der Waals surface area contributed by atoms with Crippen molar-refractivity contribution < 1.29 is 24.2 Å². The molecule has 0 aromatic carbocycles. The van der Waals surface area contributed by atoms with Crippen LogP contribution in [0.1, 0.15) is 32.1 Å². The van der Waals surface area contributed by atoms with E-state index in [1.54, 1.807) is 0 Å². The topological polar surface area (TPSA) is 105 Å². The minimum Gasteiger partial charge on any atom is -0.467 e. The molecule has 20 heavy (non-hydrogen) atoms. The van der Waals surface area contributed by atoms with Gasteiger partial charge in [-0.25, -0.2) is 4.79 Å². The van der Waals surface area contributed by atoms with E-state index in [0.717, 1.165) is 12.8 Å². The Bertz CT molecular complexity index is 417. The molecular weight excluding hydrogens is 264 g/mol. The Labute approximate surface area is 117 Å². The SMILES string of the molecule is COC(=O)C1(NC(=O)C2C(=O)NCCC2O)CCCC1. The van der Waals surface area contributed by atoms with Crippen molar-refractivity contribution in [3.8, 4) is 0 Å². The lowest BCUT2D eigenvalue weighted by Crippen LogP contribution is -2.59. The van der Waals surface area contributed by atoms with Crippen LogP contribution in [-0.2, 0) is 19.1 Å². The zero-order valence-electron chi connectivity index (χ0n) is 11.5. The highest BCUT2D eigenvalue weighted by molar-refractivity contribution is 6.03. The number of hydrogen-bond acceptors (Lipinski definition) is 5. The maximum absolute atomic E-state index is 12.3. The lowest BCUT2D eigenvalue weighted by molar-refractivity contribution is -0.154. The van der Waals surface area contributed by atoms with Gasteiger partial charge < -0.3 is 20.5 Å². The van der Waals surface area contributed by atoms with Gasteiger partial charge in [0.2, 0.25) is 11.8 Å². The van der Waals surface area contributed by atoms with E-state index in [4.69, 9.17) is 4.74 Å². The van der Waals surface area contributed by atoms with Crippen LogP contribution in [0.2, 0.25) is 0 Å². The monoisotopic (exact) mass is 284 g/mol. The average molecular weight is 284 g/mol. The van der Waals surface area contributed by atoms with Gasteiger partial charge in [0.1, 0.15) is 11.5 Å². The lowest BCUT2D eigenvalue weighted by Gasteiger charge is -2.32. The van der Waals surface area contributed by atoms with Gasteiger partial charge in [0, 0.05) is 6.54 Å². The summed E-state index contributed by atoms with van der Waals surface area (Å²) < 4.78 is 4.76. The summed E-state index contributed by atoms with van der Waals surface area (Å²) in [6.07, 6.45) is 1.93. The zero-order valence-corrected chi connectivity index (χ0v) is 11.5. The summed E-state index contributed by atoms with van der Waals surface area (Å²) in [6, 6.07) is 0. The molecule has 2 amide bonds. The Kier molecular flexibility index (Phi) is 4.27. The molecular formula is C13H20N2O5. The Morgan fingerprint density at radius 3 is 2.60 bits per heavy atom. The number of ether oxygens (including phenoxy) is 1. The van der Waals surface area contributed by atoms with Gasteiger partial charge in [-0.15, -0.1) is 0 Å². The van der Waals surface area contributed by atoms with Crippen LogP contribution in [-0.4, -0.2) is 48.2 Å². The van der Waals surface area contributed by atoms with Crippen molar-refractivity contribution in [2.45, 2.75) is 43.7 Å². The van der Waals surface area contributed by atoms with Crippen LogP contribution in [0.5, 0.6) is 0 Å². The van der Waals surface area contributed by atoms with Crippen molar-refractivity contribution in [2.75, 3.05) is 13.7 Å². The summed E-state index contributed by atoms with van der Waals surface area (Å²) in [5.41, 5.74) is -1.05. The Morgan fingerprint density at radius 2 is 2.05 bits per heavy atom. The second kappa shape index (κ2) is 5.78. The molecule has 1 aliphatic carbocycles. The normalized spacial score (nSPS) is 28.6. The molecule has 0 aromatic heterocycles. The number of carbonyl (C=O) groups excluding carboxylic acids is 3. The minimum absolute atomic E-state index is 0.328. The minimum atomic E-state index is -1.16. The molecule has 2 aliphatic rings. The molecule has 2 atom stereocenters. The van der Waals surface area contributed by atoms with Gasteiger partial charge in [-0.05, 0) is 19.3 Å². The fourth-order valence-electron chi connectivity index (χ4n) is 2.96. The van der Waals surface area contributed by atoms with Crippen LogP contribution in [0.15, 0.2) is 0 Å². The van der Waals surface area contributed by atoms with Gasteiger partial charge in [-0.1, -0.05) is 12.8 Å². The van der Waals surface area contributed by atoms with Crippen LogP contribution >= 0.6 is 0 Å². The number of methoxy groups -OCH3 is 1. The smallest absolute Gasteiger partial charge is 0.331 e. The third kappa shape index (κ3) is 2.63. The summed E-state index contributed by atoms with van der Waals surface area (Å²) in [5.74, 6) is -2.76. The number of rotatable bonds is 3. The molecule has 0 spiro atoms. The molecule has 1 heterocycles. The summed E-state index contributed by atoms with van der Waals surface area (Å²) in [6.45, 7) is 0.353. The Morgan fingerprint density at radius 1 is 1.40 bits per heavy atom. The fraction of sp³-hybridized carbons (Fsp3) is 0.769. The van der Waals surface area contributed by atoms with Gasteiger partial charge in [0.25, 0.3) is 0 Å². The van der Waals surface area contributed by atoms with Crippen molar-refractivity contribution in [1.82, 2.24) is 10.6 Å². The van der Waals surface area contributed by atoms with Crippen molar-refractivity contribution >= 4 is 17.8 Å². The van der Waals surface area contributed by atoms with Crippen LogP contribution < -0.4 is 10.6 Å². The van der Waals surface area contributed by atoms with Gasteiger partial charge in [0.05, 0.1) is 13.2 Å². The van der Waals surface area contributed by atoms with Gasteiger partial charge in [-0.2, -0.15) is 0 Å².